The SMILES string of the molecule is C[C@H](Sc1nnc(CCC(N)=O)n1C)c1nc2ccccc2o1. The summed E-state index contributed by atoms with van der Waals surface area (Å²) in [4.78, 5) is 15.4. The molecule has 7 nitrogen and oxygen atoms in total. The minimum atomic E-state index is -0.345. The maximum absolute atomic E-state index is 10.9. The van der Waals surface area contributed by atoms with Crippen LogP contribution in [0.2, 0.25) is 0 Å². The molecule has 1 amide bonds. The number of oxazole rings is 1. The molecule has 3 rings (SSSR count). The molecule has 0 aliphatic rings. The summed E-state index contributed by atoms with van der Waals surface area (Å²) >= 11 is 1.51. The van der Waals surface area contributed by atoms with Crippen LogP contribution in [0.3, 0.4) is 0 Å². The molecule has 23 heavy (non-hydrogen) atoms. The Balaban J connectivity index is 1.74. The Morgan fingerprint density at radius 3 is 2.91 bits per heavy atom. The van der Waals surface area contributed by atoms with E-state index in [0.29, 0.717) is 12.3 Å². The van der Waals surface area contributed by atoms with Crippen LogP contribution in [0.1, 0.15) is 30.3 Å². The number of aryl methyl sites for hydroxylation is 1. The van der Waals surface area contributed by atoms with Crippen LogP contribution in [0.5, 0.6) is 0 Å². The number of amides is 1. The molecule has 2 aromatic heterocycles. The van der Waals surface area contributed by atoms with Crippen molar-refractivity contribution in [3.05, 3.63) is 36.0 Å². The largest absolute Gasteiger partial charge is 0.439 e. The Hall–Kier alpha value is -2.35. The summed E-state index contributed by atoms with van der Waals surface area (Å²) in [7, 11) is 1.87. The van der Waals surface area contributed by atoms with Crippen LogP contribution in [0, 0.1) is 0 Å². The summed E-state index contributed by atoms with van der Waals surface area (Å²) in [5.74, 6) is 1.04. The number of thioether (sulfide) groups is 1. The van der Waals surface area contributed by atoms with Gasteiger partial charge in [-0.3, -0.25) is 4.79 Å². The van der Waals surface area contributed by atoms with Gasteiger partial charge in [-0.1, -0.05) is 23.9 Å². The third-order valence-electron chi connectivity index (χ3n) is 3.46. The summed E-state index contributed by atoms with van der Waals surface area (Å²) in [5.41, 5.74) is 6.78. The summed E-state index contributed by atoms with van der Waals surface area (Å²) in [6, 6.07) is 7.67. The fourth-order valence-electron chi connectivity index (χ4n) is 2.17. The number of nitrogens with two attached hydrogens (primary N) is 1. The van der Waals surface area contributed by atoms with Crippen molar-refractivity contribution in [3.63, 3.8) is 0 Å². The number of primary amides is 1. The van der Waals surface area contributed by atoms with Gasteiger partial charge in [-0.05, 0) is 19.1 Å². The molecule has 0 saturated heterocycles. The van der Waals surface area contributed by atoms with E-state index in [1.165, 1.54) is 11.8 Å². The molecule has 0 fully saturated rings. The lowest BCUT2D eigenvalue weighted by Crippen LogP contribution is -2.12. The quantitative estimate of drug-likeness (QED) is 0.695. The average Bonchev–Trinajstić information content (AvgIpc) is 3.10. The summed E-state index contributed by atoms with van der Waals surface area (Å²) in [6.45, 7) is 2.01. The highest BCUT2D eigenvalue weighted by Gasteiger charge is 2.19. The standard InChI is InChI=1S/C15H17N5O2S/c1-9(14-17-10-5-3-4-6-11(10)22-14)23-15-19-18-13(20(15)2)8-7-12(16)21/h3-6,9H,7-8H2,1-2H3,(H2,16,21)/t9-/m0/s1. The molecular weight excluding hydrogens is 314 g/mol. The van der Waals surface area contributed by atoms with E-state index in [9.17, 15) is 4.79 Å². The van der Waals surface area contributed by atoms with Crippen molar-refractivity contribution in [2.45, 2.75) is 30.2 Å². The van der Waals surface area contributed by atoms with Gasteiger partial charge in [0.2, 0.25) is 11.8 Å². The first-order valence-corrected chi connectivity index (χ1v) is 8.11. The number of para-hydroxylation sites is 2. The number of carbonyl (C=O) groups is 1. The molecule has 0 spiro atoms. The van der Waals surface area contributed by atoms with Crippen LogP contribution in [-0.4, -0.2) is 25.7 Å². The van der Waals surface area contributed by atoms with Crippen molar-refractivity contribution >= 4 is 28.8 Å². The van der Waals surface area contributed by atoms with Crippen LogP contribution in [0.15, 0.2) is 33.8 Å². The van der Waals surface area contributed by atoms with Crippen LogP contribution < -0.4 is 5.73 Å². The summed E-state index contributed by atoms with van der Waals surface area (Å²) < 4.78 is 7.64. The molecule has 120 valence electrons. The van der Waals surface area contributed by atoms with Gasteiger partial charge < -0.3 is 14.7 Å². The molecule has 0 radical (unpaired) electrons. The molecular formula is C15H17N5O2S. The second kappa shape index (κ2) is 6.41. The minimum absolute atomic E-state index is 0.00529. The molecule has 8 heteroatoms. The maximum Gasteiger partial charge on any atom is 0.217 e. The lowest BCUT2D eigenvalue weighted by Gasteiger charge is -2.07. The fourth-order valence-corrected chi connectivity index (χ4v) is 3.04. The highest BCUT2D eigenvalue weighted by Crippen LogP contribution is 2.34. The van der Waals surface area contributed by atoms with Gasteiger partial charge in [-0.25, -0.2) is 4.98 Å². The zero-order valence-corrected chi connectivity index (χ0v) is 13.7. The van der Waals surface area contributed by atoms with Gasteiger partial charge in [0.15, 0.2) is 10.7 Å². The summed E-state index contributed by atoms with van der Waals surface area (Å²) in [5, 5.41) is 9.02. The highest BCUT2D eigenvalue weighted by molar-refractivity contribution is 7.99. The Kier molecular flexibility index (Phi) is 4.33. The van der Waals surface area contributed by atoms with Crippen molar-refractivity contribution in [2.24, 2.45) is 12.8 Å². The van der Waals surface area contributed by atoms with E-state index < -0.39 is 0 Å². The molecule has 0 aliphatic heterocycles. The Morgan fingerprint density at radius 2 is 2.17 bits per heavy atom. The lowest BCUT2D eigenvalue weighted by molar-refractivity contribution is -0.118. The van der Waals surface area contributed by atoms with Crippen molar-refractivity contribution in [1.29, 1.82) is 0 Å². The van der Waals surface area contributed by atoms with Crippen molar-refractivity contribution in [3.8, 4) is 0 Å². The molecule has 0 saturated carbocycles. The van der Waals surface area contributed by atoms with E-state index in [2.05, 4.69) is 15.2 Å². The number of aromatic nitrogens is 4. The molecule has 2 heterocycles. The number of benzene rings is 1. The van der Waals surface area contributed by atoms with E-state index >= 15 is 0 Å². The van der Waals surface area contributed by atoms with Crippen molar-refractivity contribution < 1.29 is 9.21 Å². The monoisotopic (exact) mass is 331 g/mol. The topological polar surface area (TPSA) is 99.8 Å². The third-order valence-corrected chi connectivity index (χ3v) is 4.58. The first kappa shape index (κ1) is 15.5. The second-order valence-electron chi connectivity index (χ2n) is 5.20. The molecule has 1 atom stereocenters. The van der Waals surface area contributed by atoms with Crippen molar-refractivity contribution in [2.75, 3.05) is 0 Å². The van der Waals surface area contributed by atoms with Gasteiger partial charge in [-0.15, -0.1) is 10.2 Å². The lowest BCUT2D eigenvalue weighted by atomic mass is 10.3. The Morgan fingerprint density at radius 1 is 1.39 bits per heavy atom. The van der Waals surface area contributed by atoms with Gasteiger partial charge >= 0.3 is 0 Å². The van der Waals surface area contributed by atoms with Crippen molar-refractivity contribution in [1.82, 2.24) is 19.7 Å². The number of nitrogens with zero attached hydrogens (tertiary/aromatic N) is 4. The number of fused-ring (bicyclic) bond motifs is 1. The number of carbonyl (C=O) groups excluding carboxylic acids is 1. The van der Waals surface area contributed by atoms with Crippen LogP contribution in [-0.2, 0) is 18.3 Å². The molecule has 2 N–H and O–H groups in total. The van der Waals surface area contributed by atoms with Crippen LogP contribution >= 0.6 is 11.8 Å². The first-order chi connectivity index (χ1) is 11.0. The third kappa shape index (κ3) is 3.37. The van der Waals surface area contributed by atoms with E-state index in [-0.39, 0.29) is 17.6 Å². The molecule has 0 aliphatic carbocycles. The normalized spacial score (nSPS) is 12.6. The average molecular weight is 331 g/mol. The molecule has 0 bridgehead atoms. The first-order valence-electron chi connectivity index (χ1n) is 7.23. The number of hydrogen-bond acceptors (Lipinski definition) is 6. The van der Waals surface area contributed by atoms with Gasteiger partial charge in [0, 0.05) is 19.9 Å². The molecule has 1 aromatic carbocycles. The Labute approximate surface area is 137 Å². The second-order valence-corrected chi connectivity index (χ2v) is 6.51. The van der Waals surface area contributed by atoms with E-state index in [1.54, 1.807) is 0 Å². The van der Waals surface area contributed by atoms with E-state index in [1.807, 2.05) is 42.8 Å². The smallest absolute Gasteiger partial charge is 0.217 e. The highest BCUT2D eigenvalue weighted by atomic mass is 32.2. The van der Waals surface area contributed by atoms with E-state index in [4.69, 9.17) is 10.2 Å². The van der Waals surface area contributed by atoms with Gasteiger partial charge in [0.25, 0.3) is 0 Å². The minimum Gasteiger partial charge on any atom is -0.439 e. The van der Waals surface area contributed by atoms with Gasteiger partial charge in [0.1, 0.15) is 11.3 Å². The molecule has 0 unspecified atom stereocenters. The zero-order chi connectivity index (χ0) is 16.4. The van der Waals surface area contributed by atoms with Crippen LogP contribution in [0.25, 0.3) is 11.1 Å². The fraction of sp³-hybridized carbons (Fsp3) is 0.333. The predicted octanol–water partition coefficient (Wildman–Crippen LogP) is 2.23. The summed E-state index contributed by atoms with van der Waals surface area (Å²) in [6.07, 6.45) is 0.744. The maximum atomic E-state index is 10.9. The Bertz CT molecular complexity index is 808. The number of rotatable bonds is 6. The van der Waals surface area contributed by atoms with Gasteiger partial charge in [0.05, 0.1) is 5.25 Å². The molecule has 3 aromatic rings. The zero-order valence-electron chi connectivity index (χ0n) is 12.9. The van der Waals surface area contributed by atoms with Crippen LogP contribution in [0.4, 0.5) is 0 Å². The van der Waals surface area contributed by atoms with E-state index in [0.717, 1.165) is 22.1 Å². The van der Waals surface area contributed by atoms with Gasteiger partial charge in [-0.2, -0.15) is 0 Å². The number of hydrogen-bond donors (Lipinski definition) is 1. The predicted molar refractivity (Wildman–Crippen MR) is 86.8 cm³/mol.